The molecule has 6 heteroatoms. The quantitative estimate of drug-likeness (QED) is 0.464. The molecule has 0 saturated carbocycles. The largest absolute Gasteiger partial charge is 0.398 e. The molecule has 0 radical (unpaired) electrons. The highest BCUT2D eigenvalue weighted by Gasteiger charge is 2.27. The molecule has 0 heterocycles. The average Bonchev–Trinajstić information content (AvgIpc) is 2.31. The number of carbonyl (C=O) groups is 1. The predicted octanol–water partition coefficient (Wildman–Crippen LogP) is 0.630. The summed E-state index contributed by atoms with van der Waals surface area (Å²) in [6.45, 7) is 2.70. The highest BCUT2D eigenvalue weighted by atomic mass is 28.4. The number of carbonyl (C=O) groups excluding carboxylic acids is 1. The molecule has 0 bridgehead atoms. The van der Waals surface area contributed by atoms with Gasteiger partial charge in [0, 0.05) is 33.8 Å². The number of hydrogen-bond acceptors (Lipinski definition) is 4. The van der Waals surface area contributed by atoms with Gasteiger partial charge in [0.2, 0.25) is 5.91 Å². The Bertz CT molecular complexity index is 197. The fourth-order valence-electron chi connectivity index (χ4n) is 1.25. The lowest BCUT2D eigenvalue weighted by molar-refractivity contribution is -0.121. The van der Waals surface area contributed by atoms with E-state index in [4.69, 9.17) is 14.0 Å². The molecule has 1 amide bonds. The second kappa shape index (κ2) is 8.69. The summed E-state index contributed by atoms with van der Waals surface area (Å²) in [6, 6.07) is 0.861. The molecule has 0 aliphatic heterocycles. The number of amides is 1. The molecule has 0 atom stereocenters. The summed E-state index contributed by atoms with van der Waals surface area (Å²) >= 11 is 0. The summed E-state index contributed by atoms with van der Waals surface area (Å²) in [6.07, 6.45) is 1.77. The average molecular weight is 249 g/mol. The smallest absolute Gasteiger partial charge is 0.334 e. The maximum absolute atomic E-state index is 11.2. The third-order valence-electron chi connectivity index (χ3n) is 2.56. The Morgan fingerprint density at radius 1 is 1.31 bits per heavy atom. The minimum absolute atomic E-state index is 0.00717. The minimum Gasteiger partial charge on any atom is -0.398 e. The van der Waals surface area contributed by atoms with E-state index in [1.54, 1.807) is 14.2 Å². The first kappa shape index (κ1) is 15.6. The molecule has 16 heavy (non-hydrogen) atoms. The van der Waals surface area contributed by atoms with Crippen molar-refractivity contribution in [3.8, 4) is 0 Å². The van der Waals surface area contributed by atoms with Gasteiger partial charge in [0.1, 0.15) is 0 Å². The molecule has 0 saturated heterocycles. The molecule has 0 unspecified atom stereocenters. The zero-order valence-electron chi connectivity index (χ0n) is 10.4. The predicted molar refractivity (Wildman–Crippen MR) is 64.4 cm³/mol. The van der Waals surface area contributed by atoms with Gasteiger partial charge >= 0.3 is 8.56 Å². The summed E-state index contributed by atoms with van der Waals surface area (Å²) in [5.41, 5.74) is 0. The Morgan fingerprint density at radius 3 is 2.44 bits per heavy atom. The second-order valence-electron chi connectivity index (χ2n) is 3.82. The van der Waals surface area contributed by atoms with Crippen LogP contribution < -0.4 is 5.32 Å². The van der Waals surface area contributed by atoms with E-state index in [9.17, 15) is 4.79 Å². The van der Waals surface area contributed by atoms with Crippen LogP contribution in [0.5, 0.6) is 0 Å². The molecule has 0 aliphatic rings. The van der Waals surface area contributed by atoms with Crippen molar-refractivity contribution in [1.29, 1.82) is 0 Å². The van der Waals surface area contributed by atoms with Crippen molar-refractivity contribution in [2.24, 2.45) is 0 Å². The van der Waals surface area contributed by atoms with Gasteiger partial charge in [-0.25, -0.2) is 0 Å². The van der Waals surface area contributed by atoms with Crippen LogP contribution in [0.25, 0.3) is 0 Å². The Morgan fingerprint density at radius 2 is 1.94 bits per heavy atom. The van der Waals surface area contributed by atoms with Crippen molar-refractivity contribution in [3.63, 3.8) is 0 Å². The van der Waals surface area contributed by atoms with E-state index >= 15 is 0 Å². The van der Waals surface area contributed by atoms with Crippen molar-refractivity contribution in [1.82, 2.24) is 5.32 Å². The van der Waals surface area contributed by atoms with Crippen LogP contribution in [0.3, 0.4) is 0 Å². The normalized spacial score (nSPS) is 11.5. The summed E-state index contributed by atoms with van der Waals surface area (Å²) < 4.78 is 10.7. The highest BCUT2D eigenvalue weighted by Crippen LogP contribution is 2.12. The highest BCUT2D eigenvalue weighted by molar-refractivity contribution is 6.65. The number of hydrogen-bond donors (Lipinski definition) is 2. The lowest BCUT2D eigenvalue weighted by Crippen LogP contribution is -2.37. The first-order valence-electron chi connectivity index (χ1n) is 5.56. The summed E-state index contributed by atoms with van der Waals surface area (Å²) in [7, 11) is 1.34. The summed E-state index contributed by atoms with van der Waals surface area (Å²) in [5.74, 6) is -0.00717. The van der Waals surface area contributed by atoms with Crippen LogP contribution in [0.4, 0.5) is 0 Å². The van der Waals surface area contributed by atoms with Crippen molar-refractivity contribution in [3.05, 3.63) is 0 Å². The molecule has 0 aromatic carbocycles. The van der Waals surface area contributed by atoms with Crippen molar-refractivity contribution in [2.45, 2.75) is 31.9 Å². The summed E-state index contributed by atoms with van der Waals surface area (Å²) in [5, 5.41) is 11.3. The molecule has 0 aromatic rings. The first-order chi connectivity index (χ1) is 7.58. The van der Waals surface area contributed by atoms with E-state index in [1.165, 1.54) is 0 Å². The van der Waals surface area contributed by atoms with E-state index in [-0.39, 0.29) is 12.5 Å². The maximum Gasteiger partial charge on any atom is 0.334 e. The Balaban J connectivity index is 3.55. The van der Waals surface area contributed by atoms with Crippen molar-refractivity contribution < 1.29 is 18.8 Å². The van der Waals surface area contributed by atoms with Crippen molar-refractivity contribution >= 4 is 14.5 Å². The van der Waals surface area contributed by atoms with Gasteiger partial charge < -0.3 is 19.3 Å². The minimum atomic E-state index is -1.99. The van der Waals surface area contributed by atoms with Gasteiger partial charge in [-0.05, 0) is 25.4 Å². The van der Waals surface area contributed by atoms with Gasteiger partial charge in [-0.15, -0.1) is 0 Å². The van der Waals surface area contributed by atoms with Crippen LogP contribution in [-0.2, 0) is 13.6 Å². The SMILES string of the molecule is CO[Si](C)(CCCNC(=O)CCCO)OC. The third-order valence-corrected chi connectivity index (χ3v) is 5.54. The van der Waals surface area contributed by atoms with E-state index in [0.29, 0.717) is 19.4 Å². The Labute approximate surface area is 98.4 Å². The van der Waals surface area contributed by atoms with Crippen LogP contribution in [0.15, 0.2) is 0 Å². The fraction of sp³-hybridized carbons (Fsp3) is 0.900. The van der Waals surface area contributed by atoms with Gasteiger partial charge in [0.05, 0.1) is 0 Å². The third kappa shape index (κ3) is 6.94. The zero-order valence-corrected chi connectivity index (χ0v) is 11.4. The van der Waals surface area contributed by atoms with Crippen LogP contribution in [0.2, 0.25) is 12.6 Å². The number of aliphatic hydroxyl groups excluding tert-OH is 1. The van der Waals surface area contributed by atoms with E-state index in [2.05, 4.69) is 5.32 Å². The van der Waals surface area contributed by atoms with Crippen molar-refractivity contribution in [2.75, 3.05) is 27.4 Å². The number of nitrogens with one attached hydrogen (secondary N) is 1. The second-order valence-corrected chi connectivity index (χ2v) is 7.41. The molecular formula is C10H23NO4Si. The van der Waals surface area contributed by atoms with E-state index in [1.807, 2.05) is 6.55 Å². The lowest BCUT2D eigenvalue weighted by atomic mass is 10.3. The maximum atomic E-state index is 11.2. The molecule has 0 fully saturated rings. The topological polar surface area (TPSA) is 67.8 Å². The molecule has 0 rings (SSSR count). The molecule has 96 valence electrons. The fourth-order valence-corrected chi connectivity index (χ4v) is 2.65. The molecule has 5 nitrogen and oxygen atoms in total. The molecule has 0 spiro atoms. The van der Waals surface area contributed by atoms with Gasteiger partial charge in [-0.2, -0.15) is 0 Å². The molecular weight excluding hydrogens is 226 g/mol. The van der Waals surface area contributed by atoms with Crippen LogP contribution in [-0.4, -0.2) is 46.9 Å². The van der Waals surface area contributed by atoms with Crippen LogP contribution >= 0.6 is 0 Å². The van der Waals surface area contributed by atoms with Crippen LogP contribution in [0.1, 0.15) is 19.3 Å². The summed E-state index contributed by atoms with van der Waals surface area (Å²) in [4.78, 5) is 11.2. The Kier molecular flexibility index (Phi) is 8.45. The molecule has 0 aromatic heterocycles. The van der Waals surface area contributed by atoms with Crippen LogP contribution in [0, 0.1) is 0 Å². The molecule has 2 N–H and O–H groups in total. The lowest BCUT2D eigenvalue weighted by Gasteiger charge is -2.22. The first-order valence-corrected chi connectivity index (χ1v) is 8.08. The van der Waals surface area contributed by atoms with Gasteiger partial charge in [0.25, 0.3) is 0 Å². The zero-order chi connectivity index (χ0) is 12.4. The monoisotopic (exact) mass is 249 g/mol. The number of aliphatic hydroxyl groups is 1. The van der Waals surface area contributed by atoms with E-state index in [0.717, 1.165) is 12.5 Å². The van der Waals surface area contributed by atoms with Gasteiger partial charge in [-0.3, -0.25) is 4.79 Å². The van der Waals surface area contributed by atoms with Gasteiger partial charge in [-0.1, -0.05) is 0 Å². The van der Waals surface area contributed by atoms with Gasteiger partial charge in [0.15, 0.2) is 0 Å². The Hall–Kier alpha value is -0.433. The number of rotatable bonds is 9. The standard InChI is InChI=1S/C10H23NO4Si/c1-14-16(3,15-2)9-5-7-11-10(13)6-4-8-12/h12H,4-9H2,1-3H3,(H,11,13). The molecule has 0 aliphatic carbocycles. The van der Waals surface area contributed by atoms with E-state index < -0.39 is 8.56 Å².